The number of pyridine rings is 1. The summed E-state index contributed by atoms with van der Waals surface area (Å²) in [6.45, 7) is 8.86. The Bertz CT molecular complexity index is 589. The van der Waals surface area contributed by atoms with Crippen molar-refractivity contribution in [1.29, 1.82) is 0 Å². The highest BCUT2D eigenvalue weighted by molar-refractivity contribution is 5.36. The number of ether oxygens (including phenoxy) is 2. The number of benzene rings is 1. The fourth-order valence-corrected chi connectivity index (χ4v) is 2.07. The van der Waals surface area contributed by atoms with Crippen molar-refractivity contribution in [3.63, 3.8) is 0 Å². The Morgan fingerprint density at radius 1 is 1.09 bits per heavy atom. The van der Waals surface area contributed by atoms with Crippen LogP contribution in [0.1, 0.15) is 33.3 Å². The van der Waals surface area contributed by atoms with E-state index >= 15 is 0 Å². The Labute approximate surface area is 132 Å². The summed E-state index contributed by atoms with van der Waals surface area (Å²) in [6.07, 6.45) is 1.78. The van der Waals surface area contributed by atoms with E-state index in [-0.39, 0.29) is 11.5 Å². The van der Waals surface area contributed by atoms with Gasteiger partial charge in [0.2, 0.25) is 5.88 Å². The number of rotatable bonds is 6. The van der Waals surface area contributed by atoms with E-state index in [1.807, 2.05) is 26.0 Å². The lowest BCUT2D eigenvalue weighted by molar-refractivity contribution is 0.231. The minimum absolute atomic E-state index is 0.126. The third kappa shape index (κ3) is 4.38. The number of anilines is 1. The third-order valence-corrected chi connectivity index (χ3v) is 3.35. The highest BCUT2D eigenvalue weighted by Gasteiger charge is 2.22. The van der Waals surface area contributed by atoms with Gasteiger partial charge in [0.05, 0.1) is 24.6 Å². The second-order valence-electron chi connectivity index (χ2n) is 6.29. The van der Waals surface area contributed by atoms with E-state index in [0.29, 0.717) is 18.2 Å². The van der Waals surface area contributed by atoms with E-state index in [1.54, 1.807) is 18.3 Å². The third-order valence-electron chi connectivity index (χ3n) is 3.35. The van der Waals surface area contributed by atoms with Crippen LogP contribution >= 0.6 is 0 Å². The first-order valence-electron chi connectivity index (χ1n) is 7.48. The Hall–Kier alpha value is -2.23. The molecule has 0 amide bonds. The van der Waals surface area contributed by atoms with Gasteiger partial charge in [-0.25, -0.2) is 4.98 Å². The van der Waals surface area contributed by atoms with Gasteiger partial charge in [0.1, 0.15) is 5.75 Å². The van der Waals surface area contributed by atoms with Gasteiger partial charge in [-0.1, -0.05) is 26.0 Å². The molecular weight excluding hydrogens is 276 g/mol. The topological polar surface area (TPSA) is 57.4 Å². The van der Waals surface area contributed by atoms with Gasteiger partial charge >= 0.3 is 0 Å². The lowest BCUT2D eigenvalue weighted by Crippen LogP contribution is -2.26. The molecule has 4 heteroatoms. The van der Waals surface area contributed by atoms with Gasteiger partial charge < -0.3 is 15.2 Å². The zero-order chi connectivity index (χ0) is 16.2. The highest BCUT2D eigenvalue weighted by atomic mass is 16.5. The van der Waals surface area contributed by atoms with Crippen molar-refractivity contribution in [3.8, 4) is 11.6 Å². The molecule has 1 heterocycles. The van der Waals surface area contributed by atoms with Crippen LogP contribution in [0, 0.1) is 0 Å². The summed E-state index contributed by atoms with van der Waals surface area (Å²) in [7, 11) is 0. The molecule has 0 saturated carbocycles. The fraction of sp³-hybridized carbons (Fsp3) is 0.389. The average molecular weight is 300 g/mol. The predicted molar refractivity (Wildman–Crippen MR) is 89.4 cm³/mol. The van der Waals surface area contributed by atoms with Crippen molar-refractivity contribution in [2.24, 2.45) is 0 Å². The summed E-state index contributed by atoms with van der Waals surface area (Å²) in [5.74, 6) is 1.47. The van der Waals surface area contributed by atoms with Crippen LogP contribution in [-0.2, 0) is 5.41 Å². The summed E-state index contributed by atoms with van der Waals surface area (Å²) in [6, 6.07) is 11.7. The SMILES string of the molecule is CC(C)Oc1ccc(C(C)(C)COc2ccc(N)cn2)cc1. The van der Waals surface area contributed by atoms with Crippen LogP contribution in [-0.4, -0.2) is 17.7 Å². The van der Waals surface area contributed by atoms with Crippen LogP contribution in [0.2, 0.25) is 0 Å². The van der Waals surface area contributed by atoms with Crippen LogP contribution in [0.3, 0.4) is 0 Å². The Kier molecular flexibility index (Phi) is 4.91. The Morgan fingerprint density at radius 3 is 2.32 bits per heavy atom. The number of nitrogen functional groups attached to an aromatic ring is 1. The van der Waals surface area contributed by atoms with E-state index < -0.39 is 0 Å². The summed E-state index contributed by atoms with van der Waals surface area (Å²) < 4.78 is 11.4. The molecule has 0 aliphatic carbocycles. The lowest BCUT2D eigenvalue weighted by atomic mass is 9.85. The molecule has 1 aromatic carbocycles. The molecule has 0 aliphatic rings. The summed E-state index contributed by atoms with van der Waals surface area (Å²) >= 11 is 0. The van der Waals surface area contributed by atoms with Crippen molar-refractivity contribution in [2.75, 3.05) is 12.3 Å². The van der Waals surface area contributed by atoms with Gasteiger partial charge in [0, 0.05) is 11.5 Å². The van der Waals surface area contributed by atoms with Crippen LogP contribution in [0.4, 0.5) is 5.69 Å². The number of hydrogen-bond donors (Lipinski definition) is 1. The molecule has 2 rings (SSSR count). The molecule has 0 radical (unpaired) electrons. The van der Waals surface area contributed by atoms with Crippen molar-refractivity contribution in [1.82, 2.24) is 4.98 Å². The molecule has 0 saturated heterocycles. The Morgan fingerprint density at radius 2 is 1.77 bits per heavy atom. The second kappa shape index (κ2) is 6.69. The molecule has 2 N–H and O–H groups in total. The molecule has 4 nitrogen and oxygen atoms in total. The summed E-state index contributed by atoms with van der Waals surface area (Å²) in [5.41, 5.74) is 7.32. The van der Waals surface area contributed by atoms with Crippen LogP contribution < -0.4 is 15.2 Å². The minimum atomic E-state index is -0.126. The molecule has 0 bridgehead atoms. The van der Waals surface area contributed by atoms with Gasteiger partial charge in [-0.05, 0) is 37.6 Å². The summed E-state index contributed by atoms with van der Waals surface area (Å²) in [5, 5.41) is 0. The molecule has 0 aliphatic heterocycles. The first-order chi connectivity index (χ1) is 10.4. The Balaban J connectivity index is 2.01. The number of nitrogens with two attached hydrogens (primary N) is 1. The number of nitrogens with zero attached hydrogens (tertiary/aromatic N) is 1. The van der Waals surface area contributed by atoms with Crippen molar-refractivity contribution in [2.45, 2.75) is 39.2 Å². The van der Waals surface area contributed by atoms with Gasteiger partial charge in [-0.3, -0.25) is 0 Å². The highest BCUT2D eigenvalue weighted by Crippen LogP contribution is 2.26. The zero-order valence-electron chi connectivity index (χ0n) is 13.7. The maximum Gasteiger partial charge on any atom is 0.213 e. The zero-order valence-corrected chi connectivity index (χ0v) is 13.7. The van der Waals surface area contributed by atoms with Gasteiger partial charge in [-0.2, -0.15) is 0 Å². The van der Waals surface area contributed by atoms with E-state index in [0.717, 1.165) is 5.75 Å². The first kappa shape index (κ1) is 16.1. The molecule has 118 valence electrons. The van der Waals surface area contributed by atoms with Gasteiger partial charge in [-0.15, -0.1) is 0 Å². The summed E-state index contributed by atoms with van der Waals surface area (Å²) in [4.78, 5) is 4.15. The molecule has 1 aromatic heterocycles. The van der Waals surface area contributed by atoms with E-state index in [2.05, 4.69) is 31.0 Å². The van der Waals surface area contributed by atoms with Gasteiger partial charge in [0.15, 0.2) is 0 Å². The lowest BCUT2D eigenvalue weighted by Gasteiger charge is -2.25. The average Bonchev–Trinajstić information content (AvgIpc) is 2.47. The molecule has 0 unspecified atom stereocenters. The van der Waals surface area contributed by atoms with Gasteiger partial charge in [0.25, 0.3) is 0 Å². The van der Waals surface area contributed by atoms with Crippen LogP contribution in [0.15, 0.2) is 42.6 Å². The quantitative estimate of drug-likeness (QED) is 0.881. The molecule has 2 aromatic rings. The van der Waals surface area contributed by atoms with E-state index in [9.17, 15) is 0 Å². The normalized spacial score (nSPS) is 11.5. The molecular formula is C18H24N2O2. The van der Waals surface area contributed by atoms with Crippen molar-refractivity contribution < 1.29 is 9.47 Å². The first-order valence-corrected chi connectivity index (χ1v) is 7.48. The maximum absolute atomic E-state index is 5.78. The van der Waals surface area contributed by atoms with Crippen molar-refractivity contribution >= 4 is 5.69 Å². The largest absolute Gasteiger partial charge is 0.491 e. The fourth-order valence-electron chi connectivity index (χ4n) is 2.07. The number of aromatic nitrogens is 1. The minimum Gasteiger partial charge on any atom is -0.491 e. The predicted octanol–water partition coefficient (Wildman–Crippen LogP) is 3.81. The second-order valence-corrected chi connectivity index (χ2v) is 6.29. The van der Waals surface area contributed by atoms with Crippen LogP contribution in [0.25, 0.3) is 0 Å². The monoisotopic (exact) mass is 300 g/mol. The molecule has 0 spiro atoms. The van der Waals surface area contributed by atoms with E-state index in [1.165, 1.54) is 5.56 Å². The van der Waals surface area contributed by atoms with Crippen LogP contribution in [0.5, 0.6) is 11.6 Å². The maximum atomic E-state index is 5.78. The van der Waals surface area contributed by atoms with Crippen molar-refractivity contribution in [3.05, 3.63) is 48.2 Å². The smallest absolute Gasteiger partial charge is 0.213 e. The number of hydrogen-bond acceptors (Lipinski definition) is 4. The standard InChI is InChI=1S/C18H24N2O2/c1-13(2)22-16-8-5-14(6-9-16)18(3,4)12-21-17-10-7-15(19)11-20-17/h5-11,13H,12,19H2,1-4H3. The molecule has 22 heavy (non-hydrogen) atoms. The molecule has 0 atom stereocenters. The molecule has 0 fully saturated rings. The van der Waals surface area contributed by atoms with E-state index in [4.69, 9.17) is 15.2 Å².